The molecule has 0 N–H and O–H groups in total. The van der Waals surface area contributed by atoms with Gasteiger partial charge in [0.2, 0.25) is 0 Å². The smallest absolute Gasteiger partial charge is 0.199 e. The van der Waals surface area contributed by atoms with Crippen LogP contribution in [0.4, 0.5) is 0 Å². The lowest BCUT2D eigenvalue weighted by Gasteiger charge is -2.25. The molecule has 3 aromatic carbocycles. The predicted octanol–water partition coefficient (Wildman–Crippen LogP) is 11.2. The Labute approximate surface area is 254 Å². The number of benzene rings is 3. The fourth-order valence-corrected chi connectivity index (χ4v) is 6.26. The summed E-state index contributed by atoms with van der Waals surface area (Å²) >= 11 is 0. The van der Waals surface area contributed by atoms with Gasteiger partial charge in [-0.25, -0.2) is 0 Å². The summed E-state index contributed by atoms with van der Waals surface area (Å²) in [5.41, 5.74) is 7.84. The Morgan fingerprint density at radius 2 is 1.36 bits per heavy atom. The maximum atomic E-state index is 6.65. The number of unbranched alkanes of at least 4 members (excludes halogenated alkanes) is 5. The summed E-state index contributed by atoms with van der Waals surface area (Å²) in [5.74, 6) is 0.909. The van der Waals surface area contributed by atoms with Crippen LogP contribution in [0, 0.1) is 0 Å². The van der Waals surface area contributed by atoms with Crippen molar-refractivity contribution in [3.8, 4) is 11.4 Å². The second-order valence-corrected chi connectivity index (χ2v) is 14.5. The zero-order valence-corrected chi connectivity index (χ0v) is 27.3. The molecule has 0 radical (unpaired) electrons. The molecule has 3 nitrogen and oxygen atoms in total. The van der Waals surface area contributed by atoms with E-state index in [0.29, 0.717) is 0 Å². The number of hydrogen-bond acceptors (Lipinski definition) is 2. The van der Waals surface area contributed by atoms with Crippen molar-refractivity contribution >= 4 is 21.8 Å². The third-order valence-electron chi connectivity index (χ3n) is 8.98. The van der Waals surface area contributed by atoms with Crippen molar-refractivity contribution in [2.75, 3.05) is 6.61 Å². The first-order valence-corrected chi connectivity index (χ1v) is 16.6. The second kappa shape index (κ2) is 12.8. The van der Waals surface area contributed by atoms with Gasteiger partial charge in [0, 0.05) is 17.2 Å². The van der Waals surface area contributed by atoms with Crippen LogP contribution in [0.3, 0.4) is 0 Å². The molecule has 2 heterocycles. The monoisotopic (exact) mass is 567 g/mol. The molecule has 0 aliphatic carbocycles. The summed E-state index contributed by atoms with van der Waals surface area (Å²) in [6.45, 7) is 16.9. The number of aromatic nitrogens is 1. The summed E-state index contributed by atoms with van der Waals surface area (Å²) in [6, 6.07) is 21.0. The zero-order valence-electron chi connectivity index (χ0n) is 27.3. The Bertz CT molecular complexity index is 1420. The van der Waals surface area contributed by atoms with Crippen LogP contribution in [-0.4, -0.2) is 17.5 Å². The highest BCUT2D eigenvalue weighted by atomic mass is 16.7. The van der Waals surface area contributed by atoms with Gasteiger partial charge in [-0.2, -0.15) is 0 Å². The highest BCUT2D eigenvalue weighted by Crippen LogP contribution is 2.40. The largest absolute Gasteiger partial charge is 0.463 e. The minimum absolute atomic E-state index is 0.0773. The molecule has 1 aliphatic rings. The number of aryl methyl sites for hydroxylation is 1. The summed E-state index contributed by atoms with van der Waals surface area (Å²) < 4.78 is 15.1. The van der Waals surface area contributed by atoms with Crippen LogP contribution >= 0.6 is 0 Å². The lowest BCUT2D eigenvalue weighted by atomic mass is 9.85. The summed E-state index contributed by atoms with van der Waals surface area (Å²) in [7, 11) is 0. The molecule has 42 heavy (non-hydrogen) atoms. The first kappa shape index (κ1) is 30.7. The molecule has 0 saturated carbocycles. The fourth-order valence-electron chi connectivity index (χ4n) is 6.26. The van der Waals surface area contributed by atoms with Gasteiger partial charge in [0.25, 0.3) is 0 Å². The maximum Gasteiger partial charge on any atom is 0.199 e. The molecular formula is C39H53NO2. The first-order valence-electron chi connectivity index (χ1n) is 16.6. The number of nitrogens with zero attached hydrogens (tertiary/aromatic N) is 1. The summed E-state index contributed by atoms with van der Waals surface area (Å²) in [6.07, 6.45) is 12.0. The molecule has 1 unspecified atom stereocenters. The van der Waals surface area contributed by atoms with Crippen molar-refractivity contribution in [1.29, 1.82) is 0 Å². The van der Waals surface area contributed by atoms with Crippen molar-refractivity contribution < 1.29 is 9.47 Å². The number of hydrogen-bond donors (Lipinski definition) is 0. The lowest BCUT2D eigenvalue weighted by Crippen LogP contribution is -2.25. The van der Waals surface area contributed by atoms with Gasteiger partial charge in [-0.1, -0.05) is 98.8 Å². The van der Waals surface area contributed by atoms with Crippen molar-refractivity contribution in [3.63, 3.8) is 0 Å². The van der Waals surface area contributed by atoms with E-state index >= 15 is 0 Å². The Hall–Kier alpha value is -2.78. The molecular weight excluding hydrogens is 514 g/mol. The maximum absolute atomic E-state index is 6.65. The van der Waals surface area contributed by atoms with E-state index in [4.69, 9.17) is 9.47 Å². The third-order valence-corrected chi connectivity index (χ3v) is 8.98. The third kappa shape index (κ3) is 6.88. The molecule has 0 amide bonds. The van der Waals surface area contributed by atoms with E-state index in [0.717, 1.165) is 43.7 Å². The van der Waals surface area contributed by atoms with Gasteiger partial charge in [-0.3, -0.25) is 0 Å². The van der Waals surface area contributed by atoms with Crippen molar-refractivity contribution in [3.05, 3.63) is 71.3 Å². The Morgan fingerprint density at radius 3 is 1.93 bits per heavy atom. The van der Waals surface area contributed by atoms with Gasteiger partial charge in [0.15, 0.2) is 6.29 Å². The molecule has 3 heteroatoms. The predicted molar refractivity (Wildman–Crippen MR) is 179 cm³/mol. The number of rotatable bonds is 10. The van der Waals surface area contributed by atoms with E-state index in [1.165, 1.54) is 77.0 Å². The van der Waals surface area contributed by atoms with E-state index in [9.17, 15) is 0 Å². The molecule has 1 aromatic heterocycles. The lowest BCUT2D eigenvalue weighted by molar-refractivity contribution is -0.105. The van der Waals surface area contributed by atoms with Crippen LogP contribution in [-0.2, 0) is 22.0 Å². The molecule has 1 atom stereocenters. The van der Waals surface area contributed by atoms with Crippen LogP contribution in [0.5, 0.6) is 5.75 Å². The molecule has 1 aliphatic heterocycles. The van der Waals surface area contributed by atoms with Gasteiger partial charge in [-0.05, 0) is 89.6 Å². The van der Waals surface area contributed by atoms with E-state index in [1.807, 2.05) is 0 Å². The Morgan fingerprint density at radius 1 is 0.738 bits per heavy atom. The quantitative estimate of drug-likeness (QED) is 0.178. The Kier molecular flexibility index (Phi) is 9.38. The molecule has 5 rings (SSSR count). The van der Waals surface area contributed by atoms with Crippen molar-refractivity contribution in [1.82, 2.24) is 4.57 Å². The van der Waals surface area contributed by atoms with Gasteiger partial charge >= 0.3 is 0 Å². The minimum Gasteiger partial charge on any atom is -0.463 e. The van der Waals surface area contributed by atoms with E-state index in [1.54, 1.807) is 0 Å². The summed E-state index contributed by atoms with van der Waals surface area (Å²) in [4.78, 5) is 0. The molecule has 4 aromatic rings. The normalized spacial score (nSPS) is 16.4. The SMILES string of the molecule is CCCCCCCCc1ccc(OC2CCCCO2)c(-n2c3ccc(C(C)(C)C)cc3c3cc(C(C)(C)C)ccc32)c1. The van der Waals surface area contributed by atoms with Gasteiger partial charge in [0.05, 0.1) is 23.3 Å². The first-order chi connectivity index (χ1) is 20.1. The van der Waals surface area contributed by atoms with Crippen LogP contribution in [0.1, 0.15) is 123 Å². The van der Waals surface area contributed by atoms with Crippen LogP contribution < -0.4 is 4.74 Å². The molecule has 1 fully saturated rings. The average Bonchev–Trinajstić information content (AvgIpc) is 3.28. The highest BCUT2D eigenvalue weighted by molar-refractivity contribution is 6.10. The standard InChI is InChI=1S/C39H53NO2/c1-8-9-10-11-12-13-16-28-18-23-36(42-37-17-14-15-24-41-37)35(25-28)40-33-21-19-29(38(2,3)4)26-31(33)32-27-30(39(5,6)7)20-22-34(32)40/h18-23,25-27,37H,8-17,24H2,1-7H3. The average molecular weight is 568 g/mol. The van der Waals surface area contributed by atoms with Crippen molar-refractivity contribution in [2.24, 2.45) is 0 Å². The van der Waals surface area contributed by atoms with Crippen LogP contribution in [0.2, 0.25) is 0 Å². The van der Waals surface area contributed by atoms with Crippen LogP contribution in [0.15, 0.2) is 54.6 Å². The van der Waals surface area contributed by atoms with Crippen LogP contribution in [0.25, 0.3) is 27.5 Å². The van der Waals surface area contributed by atoms with Gasteiger partial charge in [-0.15, -0.1) is 0 Å². The molecule has 0 bridgehead atoms. The summed E-state index contributed by atoms with van der Waals surface area (Å²) in [5, 5.41) is 2.62. The van der Waals surface area contributed by atoms with Gasteiger partial charge < -0.3 is 14.0 Å². The molecule has 1 saturated heterocycles. The van der Waals surface area contributed by atoms with E-state index < -0.39 is 0 Å². The van der Waals surface area contributed by atoms with E-state index in [-0.39, 0.29) is 17.1 Å². The fraction of sp³-hybridized carbons (Fsp3) is 0.538. The van der Waals surface area contributed by atoms with Crippen molar-refractivity contribution in [2.45, 2.75) is 130 Å². The zero-order chi connectivity index (χ0) is 29.9. The topological polar surface area (TPSA) is 23.4 Å². The Balaban J connectivity index is 1.64. The van der Waals surface area contributed by atoms with Gasteiger partial charge in [0.1, 0.15) is 5.75 Å². The van der Waals surface area contributed by atoms with E-state index in [2.05, 4.69) is 108 Å². The minimum atomic E-state index is -0.185. The highest BCUT2D eigenvalue weighted by Gasteiger charge is 2.23. The molecule has 226 valence electrons. The second-order valence-electron chi connectivity index (χ2n) is 14.5. The number of fused-ring (bicyclic) bond motifs is 3. The number of ether oxygens (including phenoxy) is 2. The molecule has 0 spiro atoms.